The van der Waals surface area contributed by atoms with Gasteiger partial charge in [-0.2, -0.15) is 13.2 Å². The Morgan fingerprint density at radius 3 is 2.38 bits per heavy atom. The maximum absolute atomic E-state index is 13.1. The molecule has 8 heteroatoms. The van der Waals surface area contributed by atoms with Crippen molar-refractivity contribution >= 4 is 17.4 Å². The highest BCUT2D eigenvalue weighted by atomic mass is 32.2. The van der Waals surface area contributed by atoms with E-state index in [1.165, 1.54) is 0 Å². The standard InChI is InChI=1S/C8H5F4NO2S/c1-4-6(9)2-5(16-8(10,11)12)3-7(4)13(14)15/h2-3H,1H3. The SMILES string of the molecule is Cc1c(F)cc(SC(F)(F)F)cc1[N+](=O)[O-]. The molecule has 0 aliphatic rings. The number of benzene rings is 1. The lowest BCUT2D eigenvalue weighted by Crippen LogP contribution is -2.01. The Kier molecular flexibility index (Phi) is 3.41. The number of nitro groups is 1. The molecule has 0 heterocycles. The van der Waals surface area contributed by atoms with Crippen LogP contribution in [0, 0.1) is 22.9 Å². The first-order valence-electron chi connectivity index (χ1n) is 3.91. The van der Waals surface area contributed by atoms with Gasteiger partial charge >= 0.3 is 5.51 Å². The zero-order chi connectivity index (χ0) is 12.5. The number of halogens is 4. The van der Waals surface area contributed by atoms with Crippen LogP contribution in [0.4, 0.5) is 23.2 Å². The first kappa shape index (κ1) is 12.8. The van der Waals surface area contributed by atoms with Crippen LogP contribution in [0.5, 0.6) is 0 Å². The third kappa shape index (κ3) is 3.09. The summed E-state index contributed by atoms with van der Waals surface area (Å²) in [6.07, 6.45) is 0. The predicted molar refractivity (Wildman–Crippen MR) is 49.7 cm³/mol. The van der Waals surface area contributed by atoms with Gasteiger partial charge in [0.15, 0.2) is 0 Å². The van der Waals surface area contributed by atoms with Gasteiger partial charge in [-0.1, -0.05) is 0 Å². The summed E-state index contributed by atoms with van der Waals surface area (Å²) in [7, 11) is 0. The van der Waals surface area contributed by atoms with Crippen molar-refractivity contribution in [2.24, 2.45) is 0 Å². The summed E-state index contributed by atoms with van der Waals surface area (Å²) in [6, 6.07) is 1.33. The van der Waals surface area contributed by atoms with Crippen LogP contribution in [-0.4, -0.2) is 10.4 Å². The minimum Gasteiger partial charge on any atom is -0.258 e. The van der Waals surface area contributed by atoms with Crippen LogP contribution in [0.25, 0.3) is 0 Å². The van der Waals surface area contributed by atoms with Crippen LogP contribution in [0.2, 0.25) is 0 Å². The summed E-state index contributed by atoms with van der Waals surface area (Å²) in [5.41, 5.74) is -5.54. The lowest BCUT2D eigenvalue weighted by Gasteiger charge is -2.06. The number of hydrogen-bond donors (Lipinski definition) is 0. The summed E-state index contributed by atoms with van der Waals surface area (Å²) in [6.45, 7) is 1.13. The van der Waals surface area contributed by atoms with Crippen LogP contribution in [0.15, 0.2) is 17.0 Å². The van der Waals surface area contributed by atoms with Crippen LogP contribution in [-0.2, 0) is 0 Å². The van der Waals surface area contributed by atoms with Crippen molar-refractivity contribution in [3.05, 3.63) is 33.6 Å². The molecule has 0 spiro atoms. The van der Waals surface area contributed by atoms with E-state index in [1.54, 1.807) is 0 Å². The van der Waals surface area contributed by atoms with Gasteiger partial charge in [-0.25, -0.2) is 4.39 Å². The lowest BCUT2D eigenvalue weighted by molar-refractivity contribution is -0.385. The van der Waals surface area contributed by atoms with Gasteiger partial charge in [0.2, 0.25) is 0 Å². The predicted octanol–water partition coefficient (Wildman–Crippen LogP) is 3.65. The molecule has 0 bridgehead atoms. The lowest BCUT2D eigenvalue weighted by atomic mass is 10.2. The number of nitro benzene ring substituents is 1. The molecule has 0 aliphatic carbocycles. The molecule has 0 atom stereocenters. The summed E-state index contributed by atoms with van der Waals surface area (Å²) < 4.78 is 49.0. The first-order chi connectivity index (χ1) is 7.20. The van der Waals surface area contributed by atoms with Crippen LogP contribution in [0.3, 0.4) is 0 Å². The number of rotatable bonds is 2. The third-order valence-corrected chi connectivity index (χ3v) is 2.42. The molecule has 16 heavy (non-hydrogen) atoms. The molecular formula is C8H5F4NO2S. The molecule has 0 N–H and O–H groups in total. The molecule has 0 aliphatic heterocycles. The van der Waals surface area contributed by atoms with E-state index in [9.17, 15) is 27.7 Å². The fourth-order valence-corrected chi connectivity index (χ4v) is 1.62. The number of nitrogens with zero attached hydrogens (tertiary/aromatic N) is 1. The van der Waals surface area contributed by atoms with Crippen molar-refractivity contribution in [1.29, 1.82) is 0 Å². The van der Waals surface area contributed by atoms with Gasteiger partial charge in [0.1, 0.15) is 5.82 Å². The molecule has 0 fully saturated rings. The fourth-order valence-electron chi connectivity index (χ4n) is 1.02. The summed E-state index contributed by atoms with van der Waals surface area (Å²) >= 11 is -0.589. The van der Waals surface area contributed by atoms with Gasteiger partial charge in [0.05, 0.1) is 10.5 Å². The van der Waals surface area contributed by atoms with E-state index in [0.717, 1.165) is 6.92 Å². The molecular weight excluding hydrogens is 250 g/mol. The molecule has 0 aromatic heterocycles. The maximum Gasteiger partial charge on any atom is 0.446 e. The van der Waals surface area contributed by atoms with Crippen molar-refractivity contribution in [3.63, 3.8) is 0 Å². The minimum atomic E-state index is -4.60. The second kappa shape index (κ2) is 4.28. The maximum atomic E-state index is 13.1. The highest BCUT2D eigenvalue weighted by Gasteiger charge is 2.31. The van der Waals surface area contributed by atoms with E-state index in [2.05, 4.69) is 0 Å². The van der Waals surface area contributed by atoms with E-state index in [1.807, 2.05) is 0 Å². The fraction of sp³-hybridized carbons (Fsp3) is 0.250. The Morgan fingerprint density at radius 2 is 1.94 bits per heavy atom. The van der Waals surface area contributed by atoms with Crippen molar-refractivity contribution in [3.8, 4) is 0 Å². The smallest absolute Gasteiger partial charge is 0.258 e. The third-order valence-electron chi connectivity index (χ3n) is 1.72. The Bertz CT molecular complexity index is 433. The van der Waals surface area contributed by atoms with E-state index in [0.29, 0.717) is 12.1 Å². The molecule has 3 nitrogen and oxygen atoms in total. The highest BCUT2D eigenvalue weighted by Crippen LogP contribution is 2.39. The highest BCUT2D eigenvalue weighted by molar-refractivity contribution is 8.00. The van der Waals surface area contributed by atoms with Gasteiger partial charge in [-0.3, -0.25) is 10.1 Å². The van der Waals surface area contributed by atoms with Gasteiger partial charge in [-0.05, 0) is 24.8 Å². The molecule has 1 aromatic carbocycles. The van der Waals surface area contributed by atoms with Crippen LogP contribution >= 0.6 is 11.8 Å². The molecule has 0 radical (unpaired) electrons. The zero-order valence-electron chi connectivity index (χ0n) is 7.84. The van der Waals surface area contributed by atoms with Crippen molar-refractivity contribution in [2.45, 2.75) is 17.3 Å². The zero-order valence-corrected chi connectivity index (χ0v) is 8.66. The Morgan fingerprint density at radius 1 is 1.38 bits per heavy atom. The Hall–Kier alpha value is -1.31. The second-order valence-electron chi connectivity index (χ2n) is 2.85. The van der Waals surface area contributed by atoms with E-state index in [4.69, 9.17) is 0 Å². The van der Waals surface area contributed by atoms with E-state index >= 15 is 0 Å². The van der Waals surface area contributed by atoms with E-state index in [-0.39, 0.29) is 5.56 Å². The number of hydrogen-bond acceptors (Lipinski definition) is 3. The van der Waals surface area contributed by atoms with Crippen molar-refractivity contribution in [1.82, 2.24) is 0 Å². The normalized spacial score (nSPS) is 11.6. The average molecular weight is 255 g/mol. The summed E-state index contributed by atoms with van der Waals surface area (Å²) in [4.78, 5) is 8.98. The van der Waals surface area contributed by atoms with Crippen molar-refractivity contribution < 1.29 is 22.5 Å². The summed E-state index contributed by atoms with van der Waals surface area (Å²) in [5, 5.41) is 10.4. The topological polar surface area (TPSA) is 43.1 Å². The quantitative estimate of drug-likeness (QED) is 0.350. The van der Waals surface area contributed by atoms with Crippen LogP contribution < -0.4 is 0 Å². The molecule has 0 unspecified atom stereocenters. The molecule has 1 aromatic rings. The minimum absolute atomic E-state index is 0.281. The van der Waals surface area contributed by atoms with Gasteiger partial charge in [0, 0.05) is 11.0 Å². The molecule has 0 amide bonds. The summed E-state index contributed by atoms with van der Waals surface area (Å²) in [5.74, 6) is -1.03. The van der Waals surface area contributed by atoms with Crippen molar-refractivity contribution in [2.75, 3.05) is 0 Å². The molecule has 0 saturated heterocycles. The largest absolute Gasteiger partial charge is 0.446 e. The van der Waals surface area contributed by atoms with E-state index < -0.39 is 38.6 Å². The van der Waals surface area contributed by atoms with Crippen LogP contribution in [0.1, 0.15) is 5.56 Å². The Balaban J connectivity index is 3.19. The number of thioether (sulfide) groups is 1. The van der Waals surface area contributed by atoms with Gasteiger partial charge < -0.3 is 0 Å². The average Bonchev–Trinajstić information content (AvgIpc) is 2.07. The Labute approximate surface area is 91.6 Å². The second-order valence-corrected chi connectivity index (χ2v) is 3.99. The molecule has 88 valence electrons. The molecule has 1 rings (SSSR count). The first-order valence-corrected chi connectivity index (χ1v) is 4.72. The number of alkyl halides is 3. The van der Waals surface area contributed by atoms with Gasteiger partial charge in [0.25, 0.3) is 5.69 Å². The monoisotopic (exact) mass is 255 g/mol. The van der Waals surface area contributed by atoms with Gasteiger partial charge in [-0.15, -0.1) is 0 Å². The molecule has 0 saturated carbocycles.